The maximum absolute atomic E-state index is 5.96. The van der Waals surface area contributed by atoms with Crippen molar-refractivity contribution in [3.8, 4) is 11.5 Å². The first-order valence-electron chi connectivity index (χ1n) is 9.99. The van der Waals surface area contributed by atoms with Gasteiger partial charge in [0.15, 0.2) is 11.5 Å². The minimum absolute atomic E-state index is 0.548. The molecule has 0 bridgehead atoms. The summed E-state index contributed by atoms with van der Waals surface area (Å²) >= 11 is 0. The standard InChI is InChI=1S/C23H32N2O2/c1-24(15-16-25-13-7-4-8-14-25)18-21-11-12-22(23(17-21)26-2)27-19-20-9-5-3-6-10-20/h3,5-6,9-12,17H,4,7-8,13-16,18-19H2,1-2H3. The fraction of sp³-hybridized carbons (Fsp3) is 0.478. The average molecular weight is 369 g/mol. The van der Waals surface area contributed by atoms with Crippen LogP contribution in [0.25, 0.3) is 0 Å². The van der Waals surface area contributed by atoms with Gasteiger partial charge in [-0.3, -0.25) is 0 Å². The van der Waals surface area contributed by atoms with Gasteiger partial charge >= 0.3 is 0 Å². The Morgan fingerprint density at radius 1 is 0.926 bits per heavy atom. The molecule has 1 aliphatic rings. The van der Waals surface area contributed by atoms with E-state index in [2.05, 4.69) is 41.1 Å². The summed E-state index contributed by atoms with van der Waals surface area (Å²) in [5.41, 5.74) is 2.40. The third-order valence-electron chi connectivity index (χ3n) is 5.16. The van der Waals surface area contributed by atoms with Crippen molar-refractivity contribution in [3.05, 3.63) is 59.7 Å². The topological polar surface area (TPSA) is 24.9 Å². The fourth-order valence-electron chi connectivity index (χ4n) is 3.55. The number of nitrogens with zero attached hydrogens (tertiary/aromatic N) is 2. The van der Waals surface area contributed by atoms with Crippen LogP contribution in [0, 0.1) is 0 Å². The summed E-state index contributed by atoms with van der Waals surface area (Å²) < 4.78 is 11.5. The zero-order valence-electron chi connectivity index (χ0n) is 16.7. The lowest BCUT2D eigenvalue weighted by Crippen LogP contribution is -2.36. The van der Waals surface area contributed by atoms with Crippen LogP contribution in [0.15, 0.2) is 48.5 Å². The van der Waals surface area contributed by atoms with Crippen LogP contribution in [0.4, 0.5) is 0 Å². The first kappa shape index (κ1) is 19.7. The Kier molecular flexibility index (Phi) is 7.55. The van der Waals surface area contributed by atoms with Crippen LogP contribution < -0.4 is 9.47 Å². The van der Waals surface area contributed by atoms with Gasteiger partial charge in [-0.25, -0.2) is 0 Å². The number of likely N-dealkylation sites (N-methyl/N-ethyl adjacent to an activating group) is 1. The van der Waals surface area contributed by atoms with Crippen molar-refractivity contribution in [2.45, 2.75) is 32.4 Å². The van der Waals surface area contributed by atoms with E-state index >= 15 is 0 Å². The molecule has 0 amide bonds. The molecule has 3 rings (SSSR count). The first-order chi connectivity index (χ1) is 13.2. The average Bonchev–Trinajstić information content (AvgIpc) is 2.72. The van der Waals surface area contributed by atoms with Crippen molar-refractivity contribution in [3.63, 3.8) is 0 Å². The van der Waals surface area contributed by atoms with E-state index in [1.165, 1.54) is 37.9 Å². The lowest BCUT2D eigenvalue weighted by Gasteiger charge is -2.28. The van der Waals surface area contributed by atoms with Gasteiger partial charge in [-0.05, 0) is 56.2 Å². The maximum atomic E-state index is 5.96. The second-order valence-electron chi connectivity index (χ2n) is 7.40. The highest BCUT2D eigenvalue weighted by molar-refractivity contribution is 5.43. The molecule has 4 nitrogen and oxygen atoms in total. The van der Waals surface area contributed by atoms with Crippen molar-refractivity contribution in [1.82, 2.24) is 9.80 Å². The Balaban J connectivity index is 1.51. The molecule has 0 spiro atoms. The molecule has 0 N–H and O–H groups in total. The van der Waals surface area contributed by atoms with Gasteiger partial charge in [0.05, 0.1) is 7.11 Å². The van der Waals surface area contributed by atoms with Gasteiger partial charge < -0.3 is 19.3 Å². The highest BCUT2D eigenvalue weighted by Crippen LogP contribution is 2.29. The largest absolute Gasteiger partial charge is 0.493 e. The normalized spacial score (nSPS) is 15.1. The Morgan fingerprint density at radius 2 is 1.70 bits per heavy atom. The van der Waals surface area contributed by atoms with Gasteiger partial charge in [-0.15, -0.1) is 0 Å². The van der Waals surface area contributed by atoms with E-state index in [1.807, 2.05) is 24.3 Å². The predicted octanol–water partition coefficient (Wildman–Crippen LogP) is 4.19. The monoisotopic (exact) mass is 368 g/mol. The van der Waals surface area contributed by atoms with E-state index < -0.39 is 0 Å². The van der Waals surface area contributed by atoms with E-state index in [-0.39, 0.29) is 0 Å². The maximum Gasteiger partial charge on any atom is 0.161 e. The second kappa shape index (κ2) is 10.3. The minimum Gasteiger partial charge on any atom is -0.493 e. The van der Waals surface area contributed by atoms with Crippen LogP contribution in [0.2, 0.25) is 0 Å². The molecule has 146 valence electrons. The molecule has 0 aliphatic carbocycles. The van der Waals surface area contributed by atoms with Crippen molar-refractivity contribution in [2.75, 3.05) is 40.3 Å². The van der Waals surface area contributed by atoms with E-state index in [0.717, 1.165) is 36.7 Å². The molecule has 1 heterocycles. The Morgan fingerprint density at radius 3 is 2.44 bits per heavy atom. The van der Waals surface area contributed by atoms with Gasteiger partial charge in [0.1, 0.15) is 6.61 Å². The predicted molar refractivity (Wildman–Crippen MR) is 110 cm³/mol. The van der Waals surface area contributed by atoms with E-state index in [1.54, 1.807) is 7.11 Å². The fourth-order valence-corrected chi connectivity index (χ4v) is 3.55. The number of piperidine rings is 1. The van der Waals surface area contributed by atoms with Gasteiger partial charge in [0.2, 0.25) is 0 Å². The summed E-state index contributed by atoms with van der Waals surface area (Å²) in [5.74, 6) is 1.59. The van der Waals surface area contributed by atoms with E-state index in [4.69, 9.17) is 9.47 Å². The number of methoxy groups -OCH3 is 1. The summed E-state index contributed by atoms with van der Waals surface area (Å²) in [5, 5.41) is 0. The number of benzene rings is 2. The lowest BCUT2D eigenvalue weighted by atomic mass is 10.1. The van der Waals surface area contributed by atoms with Crippen molar-refractivity contribution < 1.29 is 9.47 Å². The molecular formula is C23H32N2O2. The van der Waals surface area contributed by atoms with Crippen LogP contribution in [0.3, 0.4) is 0 Å². The SMILES string of the molecule is COc1cc(CN(C)CCN2CCCCC2)ccc1OCc1ccccc1. The molecule has 0 radical (unpaired) electrons. The van der Waals surface area contributed by atoms with Crippen molar-refractivity contribution >= 4 is 0 Å². The second-order valence-corrected chi connectivity index (χ2v) is 7.40. The highest BCUT2D eigenvalue weighted by Gasteiger charge is 2.12. The third kappa shape index (κ3) is 6.26. The van der Waals surface area contributed by atoms with Gasteiger partial charge in [0, 0.05) is 19.6 Å². The van der Waals surface area contributed by atoms with Crippen LogP contribution >= 0.6 is 0 Å². The summed E-state index contributed by atoms with van der Waals surface area (Å²) in [6.07, 6.45) is 4.10. The number of likely N-dealkylation sites (tertiary alicyclic amines) is 1. The van der Waals surface area contributed by atoms with E-state index in [9.17, 15) is 0 Å². The van der Waals surface area contributed by atoms with Crippen LogP contribution in [-0.4, -0.2) is 50.1 Å². The van der Waals surface area contributed by atoms with Gasteiger partial charge in [-0.2, -0.15) is 0 Å². The molecule has 0 unspecified atom stereocenters. The highest BCUT2D eigenvalue weighted by atomic mass is 16.5. The summed E-state index contributed by atoms with van der Waals surface area (Å²) in [4.78, 5) is 4.97. The number of ether oxygens (including phenoxy) is 2. The van der Waals surface area contributed by atoms with E-state index in [0.29, 0.717) is 6.61 Å². The minimum atomic E-state index is 0.548. The molecule has 4 heteroatoms. The Hall–Kier alpha value is -2.04. The van der Waals surface area contributed by atoms with Crippen molar-refractivity contribution in [1.29, 1.82) is 0 Å². The molecule has 1 saturated heterocycles. The zero-order chi connectivity index (χ0) is 18.9. The summed E-state index contributed by atoms with van der Waals surface area (Å²) in [6, 6.07) is 16.5. The van der Waals surface area contributed by atoms with Crippen molar-refractivity contribution in [2.24, 2.45) is 0 Å². The molecule has 27 heavy (non-hydrogen) atoms. The molecule has 1 fully saturated rings. The number of hydrogen-bond donors (Lipinski definition) is 0. The van der Waals surface area contributed by atoms with Gasteiger partial charge in [0.25, 0.3) is 0 Å². The molecule has 0 saturated carbocycles. The number of hydrogen-bond acceptors (Lipinski definition) is 4. The summed E-state index contributed by atoms with van der Waals surface area (Å²) in [7, 11) is 3.89. The van der Waals surface area contributed by atoms with Crippen LogP contribution in [-0.2, 0) is 13.2 Å². The third-order valence-corrected chi connectivity index (χ3v) is 5.16. The Bertz CT molecular complexity index is 684. The quantitative estimate of drug-likeness (QED) is 0.662. The summed E-state index contributed by atoms with van der Waals surface area (Å²) in [6.45, 7) is 6.24. The zero-order valence-corrected chi connectivity index (χ0v) is 16.7. The first-order valence-corrected chi connectivity index (χ1v) is 9.99. The molecule has 0 aromatic heterocycles. The smallest absolute Gasteiger partial charge is 0.161 e. The molecule has 2 aromatic carbocycles. The molecule has 2 aromatic rings. The lowest BCUT2D eigenvalue weighted by molar-refractivity contribution is 0.193. The Labute approximate surface area is 163 Å². The van der Waals surface area contributed by atoms with Crippen LogP contribution in [0.5, 0.6) is 11.5 Å². The molecule has 1 aliphatic heterocycles. The van der Waals surface area contributed by atoms with Crippen LogP contribution in [0.1, 0.15) is 30.4 Å². The van der Waals surface area contributed by atoms with Gasteiger partial charge in [-0.1, -0.05) is 42.8 Å². The molecule has 0 atom stereocenters. The number of rotatable bonds is 9. The molecular weight excluding hydrogens is 336 g/mol.